The normalized spacial score (nSPS) is 19.2. The number of carbonyl (C=O) groups is 2. The van der Waals surface area contributed by atoms with Crippen molar-refractivity contribution in [2.24, 2.45) is 0 Å². The summed E-state index contributed by atoms with van der Waals surface area (Å²) < 4.78 is 2.83. The number of hydrogen-bond donors (Lipinski definition) is 0. The van der Waals surface area contributed by atoms with Crippen molar-refractivity contribution in [1.29, 1.82) is 0 Å². The van der Waals surface area contributed by atoms with Crippen molar-refractivity contribution in [2.45, 2.75) is 0 Å². The molecule has 66 valence electrons. The van der Waals surface area contributed by atoms with Crippen molar-refractivity contribution < 1.29 is 9.59 Å². The number of amides is 4. The Bertz CT molecular complexity index is 207. The van der Waals surface area contributed by atoms with E-state index >= 15 is 0 Å². The second-order valence-electron chi connectivity index (χ2n) is 1.82. The summed E-state index contributed by atoms with van der Waals surface area (Å²) in [6.07, 6.45) is 0. The van der Waals surface area contributed by atoms with Gasteiger partial charge in [0, 0.05) is 0 Å². The third-order valence-electron chi connectivity index (χ3n) is 1.13. The van der Waals surface area contributed by atoms with Crippen molar-refractivity contribution in [2.75, 3.05) is 0 Å². The molecule has 0 saturated carbocycles. The molecule has 1 aliphatic heterocycles. The molecule has 0 radical (unpaired) electrons. The second-order valence-corrected chi connectivity index (χ2v) is 3.95. The van der Waals surface area contributed by atoms with Crippen LogP contribution in [0.4, 0.5) is 9.59 Å². The summed E-state index contributed by atoms with van der Waals surface area (Å²) in [6.45, 7) is 3.48. The largest absolute Gasteiger partial charge is 0.354 e. The van der Waals surface area contributed by atoms with Crippen LogP contribution in [0.15, 0.2) is 12.4 Å². The fourth-order valence-electron chi connectivity index (χ4n) is 0.534. The van der Waals surface area contributed by atoms with Crippen LogP contribution in [0.2, 0.25) is 0 Å². The highest BCUT2D eigenvalue weighted by molar-refractivity contribution is 9.09. The lowest BCUT2D eigenvalue weighted by molar-refractivity contribution is 0.185. The van der Waals surface area contributed by atoms with Gasteiger partial charge < -0.3 is 0 Å². The van der Waals surface area contributed by atoms with Crippen LogP contribution in [0.25, 0.3) is 0 Å². The maximum absolute atomic E-state index is 11.1. The summed E-state index contributed by atoms with van der Waals surface area (Å²) in [7, 11) is 0. The monoisotopic (exact) mass is 361 g/mol. The first-order chi connectivity index (χ1) is 5.46. The quantitative estimate of drug-likeness (QED) is 0.621. The van der Waals surface area contributed by atoms with E-state index < -0.39 is 12.1 Å². The second kappa shape index (κ2) is 3.35. The summed E-state index contributed by atoms with van der Waals surface area (Å²) in [5.41, 5.74) is 0. The van der Waals surface area contributed by atoms with E-state index in [2.05, 4.69) is 55.0 Å². The Morgan fingerprint density at radius 3 is 1.58 bits per heavy atom. The number of rotatable bonds is 0. The molecule has 8 heteroatoms. The molecule has 0 unspecified atom stereocenters. The number of halogens is 3. The summed E-state index contributed by atoms with van der Waals surface area (Å²) in [4.78, 5) is 22.2. The van der Waals surface area contributed by atoms with Gasteiger partial charge in [-0.25, -0.2) is 17.4 Å². The smallest absolute Gasteiger partial charge is 0.246 e. The molecule has 1 rings (SSSR count). The minimum absolute atomic E-state index is 0.195. The van der Waals surface area contributed by atoms with Gasteiger partial charge in [0.1, 0.15) is 5.82 Å². The molecule has 0 aromatic heterocycles. The standard InChI is InChI=1S/C4H2Br3N3O2/c1-2-8(5)3(11)10(7)4(12)9(2)6/h1H2. The van der Waals surface area contributed by atoms with Crippen molar-refractivity contribution in [3.05, 3.63) is 12.4 Å². The van der Waals surface area contributed by atoms with Crippen molar-refractivity contribution >= 4 is 60.5 Å². The molecule has 0 aromatic rings. The van der Waals surface area contributed by atoms with Gasteiger partial charge >= 0.3 is 12.1 Å². The summed E-state index contributed by atoms with van der Waals surface area (Å²) in [6, 6.07) is -1.11. The molecular formula is C4H2Br3N3O2. The molecule has 0 spiro atoms. The van der Waals surface area contributed by atoms with Crippen LogP contribution < -0.4 is 0 Å². The van der Waals surface area contributed by atoms with Gasteiger partial charge in [-0.2, -0.15) is 3.93 Å². The van der Waals surface area contributed by atoms with E-state index in [0.29, 0.717) is 0 Å². The Balaban J connectivity index is 2.99. The van der Waals surface area contributed by atoms with E-state index in [1.807, 2.05) is 0 Å². The minimum Gasteiger partial charge on any atom is -0.246 e. The lowest BCUT2D eigenvalue weighted by Gasteiger charge is -2.32. The predicted molar refractivity (Wildman–Crippen MR) is 52.2 cm³/mol. The van der Waals surface area contributed by atoms with E-state index in [-0.39, 0.29) is 5.82 Å². The number of imide groups is 1. The molecule has 4 amide bonds. The maximum atomic E-state index is 11.1. The van der Waals surface area contributed by atoms with Gasteiger partial charge in [0.2, 0.25) is 0 Å². The van der Waals surface area contributed by atoms with Crippen molar-refractivity contribution in [3.63, 3.8) is 0 Å². The first-order valence-electron chi connectivity index (χ1n) is 2.61. The first kappa shape index (κ1) is 10.0. The van der Waals surface area contributed by atoms with E-state index in [1.54, 1.807) is 0 Å². The van der Waals surface area contributed by atoms with E-state index in [0.717, 1.165) is 11.8 Å². The van der Waals surface area contributed by atoms with E-state index in [4.69, 9.17) is 0 Å². The SMILES string of the molecule is C=C1N(Br)C(=O)N(Br)C(=O)N1Br. The van der Waals surface area contributed by atoms with Crippen molar-refractivity contribution in [1.82, 2.24) is 11.8 Å². The molecule has 1 fully saturated rings. The number of nitrogens with zero attached hydrogens (tertiary/aromatic N) is 3. The molecule has 12 heavy (non-hydrogen) atoms. The topological polar surface area (TPSA) is 43.9 Å². The predicted octanol–water partition coefficient (Wildman–Crippen LogP) is 2.55. The van der Waals surface area contributed by atoms with Crippen molar-refractivity contribution in [3.8, 4) is 0 Å². The molecule has 0 atom stereocenters. The molecule has 5 nitrogen and oxygen atoms in total. The third kappa shape index (κ3) is 1.38. The van der Waals surface area contributed by atoms with Crippen LogP contribution in [-0.2, 0) is 0 Å². The molecule has 0 aliphatic carbocycles. The molecule has 1 heterocycles. The van der Waals surface area contributed by atoms with Gasteiger partial charge in [-0.05, 0) is 0 Å². The Kier molecular flexibility index (Phi) is 2.79. The highest BCUT2D eigenvalue weighted by Gasteiger charge is 2.37. The van der Waals surface area contributed by atoms with Crippen LogP contribution in [0.3, 0.4) is 0 Å². The lowest BCUT2D eigenvalue weighted by atomic mass is 10.6. The third-order valence-corrected chi connectivity index (χ3v) is 3.16. The Morgan fingerprint density at radius 2 is 1.25 bits per heavy atom. The molecule has 1 saturated heterocycles. The van der Waals surface area contributed by atoms with Gasteiger partial charge in [-0.1, -0.05) is 6.58 Å². The number of hydrogen-bond acceptors (Lipinski definition) is 2. The van der Waals surface area contributed by atoms with Gasteiger partial charge in [-0.3, -0.25) is 0 Å². The zero-order chi connectivity index (χ0) is 9.46. The first-order valence-corrected chi connectivity index (χ1v) is 4.74. The van der Waals surface area contributed by atoms with Gasteiger partial charge in [-0.15, -0.1) is 0 Å². The molecule has 0 bridgehead atoms. The molecule has 0 aromatic carbocycles. The average Bonchev–Trinajstić information content (AvgIpc) is 2.08. The van der Waals surface area contributed by atoms with E-state index in [9.17, 15) is 9.59 Å². The zero-order valence-corrected chi connectivity index (χ0v) is 10.3. The maximum Gasteiger partial charge on any atom is 0.354 e. The van der Waals surface area contributed by atoms with E-state index in [1.165, 1.54) is 0 Å². The average molecular weight is 364 g/mol. The van der Waals surface area contributed by atoms with Gasteiger partial charge in [0.15, 0.2) is 0 Å². The Morgan fingerprint density at radius 1 is 0.917 bits per heavy atom. The van der Waals surface area contributed by atoms with Crippen LogP contribution >= 0.6 is 48.4 Å². The van der Waals surface area contributed by atoms with Crippen LogP contribution in [0.1, 0.15) is 0 Å². The Labute approximate surface area is 94.0 Å². The number of urea groups is 2. The molecular weight excluding hydrogens is 362 g/mol. The fourth-order valence-corrected chi connectivity index (χ4v) is 2.12. The number of carbonyl (C=O) groups excluding carboxylic acids is 2. The highest BCUT2D eigenvalue weighted by atomic mass is 79.9. The highest BCUT2D eigenvalue weighted by Crippen LogP contribution is 2.28. The summed E-state index contributed by atoms with van der Waals surface area (Å²) in [5.74, 6) is 0.195. The summed E-state index contributed by atoms with van der Waals surface area (Å²) >= 11 is 8.61. The fraction of sp³-hybridized carbons (Fsp3) is 0. The van der Waals surface area contributed by atoms with Gasteiger partial charge in [0.05, 0.1) is 48.4 Å². The van der Waals surface area contributed by atoms with Crippen LogP contribution in [0.5, 0.6) is 0 Å². The lowest BCUT2D eigenvalue weighted by Crippen LogP contribution is -2.48. The Hall–Kier alpha value is -0.0800. The van der Waals surface area contributed by atoms with Crippen LogP contribution in [-0.4, -0.2) is 23.8 Å². The van der Waals surface area contributed by atoms with Crippen LogP contribution in [0, 0.1) is 0 Å². The molecule has 1 aliphatic rings. The zero-order valence-electron chi connectivity index (χ0n) is 5.50. The summed E-state index contributed by atoms with van der Waals surface area (Å²) in [5, 5.41) is 0. The molecule has 0 N–H and O–H groups in total. The van der Waals surface area contributed by atoms with Gasteiger partial charge in [0.25, 0.3) is 0 Å². The minimum atomic E-state index is -0.555.